The summed E-state index contributed by atoms with van der Waals surface area (Å²) in [6, 6.07) is 0. The minimum absolute atomic E-state index is 0.00926. The number of carboxylic acid groups (broad SMARTS) is 2. The van der Waals surface area contributed by atoms with Crippen LogP contribution in [0.15, 0.2) is 0 Å². The molecule has 2 unspecified atom stereocenters. The molecule has 0 amide bonds. The summed E-state index contributed by atoms with van der Waals surface area (Å²) < 4.78 is 10.5. The van der Waals surface area contributed by atoms with Gasteiger partial charge < -0.3 is 19.7 Å². The zero-order valence-electron chi connectivity index (χ0n) is 12.8. The van der Waals surface area contributed by atoms with Gasteiger partial charge in [0.15, 0.2) is 0 Å². The van der Waals surface area contributed by atoms with Gasteiger partial charge in [-0.15, -0.1) is 0 Å². The maximum atomic E-state index is 10.1. The Hall–Kier alpha value is -1.22. The van der Waals surface area contributed by atoms with Crippen molar-refractivity contribution < 1.29 is 29.3 Å². The van der Waals surface area contributed by atoms with Crippen molar-refractivity contribution in [3.8, 4) is 0 Å². The Morgan fingerprint density at radius 1 is 0.818 bits per heavy atom. The predicted molar refractivity (Wildman–Crippen MR) is 78.5 cm³/mol. The van der Waals surface area contributed by atoms with Crippen LogP contribution in [0, 0.1) is 0 Å². The molecule has 4 N–H and O–H groups in total. The number of hydrogen-bond donors (Lipinski definition) is 4. The third kappa shape index (κ3) is 9.67. The largest absolute Gasteiger partial charge is 0.480 e. The normalized spacial score (nSPS) is 24.9. The van der Waals surface area contributed by atoms with E-state index in [1.54, 1.807) is 0 Å². The van der Waals surface area contributed by atoms with Crippen molar-refractivity contribution in [1.82, 2.24) is 10.6 Å². The second kappa shape index (κ2) is 11.4. The van der Waals surface area contributed by atoms with Gasteiger partial charge in [0.1, 0.15) is 12.5 Å². The fourth-order valence-corrected chi connectivity index (χ4v) is 2.21. The molecule has 0 radical (unpaired) electrons. The number of rotatable bonds is 6. The van der Waals surface area contributed by atoms with E-state index in [4.69, 9.17) is 19.7 Å². The van der Waals surface area contributed by atoms with Gasteiger partial charge in [0.2, 0.25) is 0 Å². The first kappa shape index (κ1) is 18.8. The Balaban J connectivity index is 0.000000220. The van der Waals surface area contributed by atoms with E-state index in [0.717, 1.165) is 51.7 Å². The van der Waals surface area contributed by atoms with Gasteiger partial charge in [-0.25, -0.2) is 0 Å². The van der Waals surface area contributed by atoms with E-state index >= 15 is 0 Å². The number of aliphatic carboxylic acids is 2. The molecule has 0 saturated carbocycles. The van der Waals surface area contributed by atoms with Crippen LogP contribution < -0.4 is 10.6 Å². The number of carbonyl (C=O) groups is 2. The molecule has 128 valence electrons. The summed E-state index contributed by atoms with van der Waals surface area (Å²) in [7, 11) is 0. The van der Waals surface area contributed by atoms with E-state index in [1.165, 1.54) is 0 Å². The number of nitrogens with one attached hydrogen (secondary N) is 2. The molecule has 2 heterocycles. The van der Waals surface area contributed by atoms with E-state index in [-0.39, 0.29) is 25.5 Å². The third-order valence-electron chi connectivity index (χ3n) is 3.32. The van der Waals surface area contributed by atoms with Gasteiger partial charge in [0, 0.05) is 13.2 Å². The van der Waals surface area contributed by atoms with Crippen molar-refractivity contribution in [1.29, 1.82) is 0 Å². The van der Waals surface area contributed by atoms with Crippen LogP contribution in [0.5, 0.6) is 0 Å². The lowest BCUT2D eigenvalue weighted by Gasteiger charge is -2.22. The summed E-state index contributed by atoms with van der Waals surface area (Å²) in [5.74, 6) is -1.67. The summed E-state index contributed by atoms with van der Waals surface area (Å²) in [6.45, 7) is 1.48. The van der Waals surface area contributed by atoms with Gasteiger partial charge in [-0.05, 0) is 38.5 Å². The topological polar surface area (TPSA) is 117 Å². The lowest BCUT2D eigenvalue weighted by molar-refractivity contribution is -0.138. The summed E-state index contributed by atoms with van der Waals surface area (Å²) in [5, 5.41) is 22.3. The first-order chi connectivity index (χ1) is 10.6. The van der Waals surface area contributed by atoms with Gasteiger partial charge >= 0.3 is 11.9 Å². The molecule has 2 atom stereocenters. The Morgan fingerprint density at radius 3 is 1.50 bits per heavy atom. The zero-order valence-corrected chi connectivity index (χ0v) is 12.8. The highest BCUT2D eigenvalue weighted by molar-refractivity contribution is 5.69. The van der Waals surface area contributed by atoms with Crippen LogP contribution in [0.3, 0.4) is 0 Å². The number of ether oxygens (including phenoxy) is 2. The summed E-state index contributed by atoms with van der Waals surface area (Å²) in [4.78, 5) is 20.2. The second-order valence-electron chi connectivity index (χ2n) is 5.26. The summed E-state index contributed by atoms with van der Waals surface area (Å²) in [5.41, 5.74) is 0. The van der Waals surface area contributed by atoms with Crippen LogP contribution in [-0.4, -0.2) is 60.9 Å². The van der Waals surface area contributed by atoms with Crippen LogP contribution in [0.2, 0.25) is 0 Å². The Bertz CT molecular complexity index is 295. The maximum absolute atomic E-state index is 10.1. The van der Waals surface area contributed by atoms with Gasteiger partial charge in [0.25, 0.3) is 0 Å². The van der Waals surface area contributed by atoms with Crippen molar-refractivity contribution in [2.75, 3.05) is 26.3 Å². The Labute approximate surface area is 130 Å². The minimum atomic E-state index is -0.834. The molecule has 0 aliphatic carbocycles. The van der Waals surface area contributed by atoms with Gasteiger partial charge in [0.05, 0.1) is 13.1 Å². The van der Waals surface area contributed by atoms with Crippen molar-refractivity contribution >= 4 is 11.9 Å². The quantitative estimate of drug-likeness (QED) is 0.555. The van der Waals surface area contributed by atoms with Crippen molar-refractivity contribution in [3.63, 3.8) is 0 Å². The molecule has 8 heteroatoms. The molecule has 0 aromatic heterocycles. The fraction of sp³-hybridized carbons (Fsp3) is 0.857. The monoisotopic (exact) mass is 318 g/mol. The van der Waals surface area contributed by atoms with Crippen LogP contribution in [0.4, 0.5) is 0 Å². The first-order valence-corrected chi connectivity index (χ1v) is 7.71. The van der Waals surface area contributed by atoms with E-state index in [9.17, 15) is 9.59 Å². The van der Waals surface area contributed by atoms with E-state index < -0.39 is 11.9 Å². The van der Waals surface area contributed by atoms with Crippen molar-refractivity contribution in [3.05, 3.63) is 0 Å². The highest BCUT2D eigenvalue weighted by Crippen LogP contribution is 2.10. The predicted octanol–water partition coefficient (Wildman–Crippen LogP) is 0.374. The first-order valence-electron chi connectivity index (χ1n) is 7.71. The van der Waals surface area contributed by atoms with Crippen LogP contribution in [-0.2, 0) is 19.1 Å². The SMILES string of the molecule is O=C(O)CNC1CCCCO1.O=C(O)CNC1CCCCO1. The molecule has 0 aromatic rings. The lowest BCUT2D eigenvalue weighted by atomic mass is 10.2. The lowest BCUT2D eigenvalue weighted by Crippen LogP contribution is -2.37. The third-order valence-corrected chi connectivity index (χ3v) is 3.32. The molecule has 2 rings (SSSR count). The van der Waals surface area contributed by atoms with Crippen LogP contribution >= 0.6 is 0 Å². The molecule has 0 bridgehead atoms. The molecule has 2 aliphatic rings. The smallest absolute Gasteiger partial charge is 0.317 e. The summed E-state index contributed by atoms with van der Waals surface area (Å²) >= 11 is 0. The highest BCUT2D eigenvalue weighted by Gasteiger charge is 2.14. The summed E-state index contributed by atoms with van der Waals surface area (Å²) in [6.07, 6.45) is 6.19. The number of carboxylic acids is 2. The van der Waals surface area contributed by atoms with Crippen LogP contribution in [0.25, 0.3) is 0 Å². The van der Waals surface area contributed by atoms with E-state index in [2.05, 4.69) is 10.6 Å². The van der Waals surface area contributed by atoms with Crippen LogP contribution in [0.1, 0.15) is 38.5 Å². The van der Waals surface area contributed by atoms with E-state index in [1.807, 2.05) is 0 Å². The Morgan fingerprint density at radius 2 is 1.23 bits per heavy atom. The minimum Gasteiger partial charge on any atom is -0.480 e. The average Bonchev–Trinajstić information content (AvgIpc) is 2.53. The van der Waals surface area contributed by atoms with Gasteiger partial charge in [-0.2, -0.15) is 0 Å². The number of hydrogen-bond acceptors (Lipinski definition) is 6. The second-order valence-corrected chi connectivity index (χ2v) is 5.26. The molecule has 0 spiro atoms. The average molecular weight is 318 g/mol. The Kier molecular flexibility index (Phi) is 9.72. The molecule has 8 nitrogen and oxygen atoms in total. The van der Waals surface area contributed by atoms with Gasteiger partial charge in [-0.1, -0.05) is 0 Å². The van der Waals surface area contributed by atoms with Crippen molar-refractivity contribution in [2.24, 2.45) is 0 Å². The van der Waals surface area contributed by atoms with Crippen molar-refractivity contribution in [2.45, 2.75) is 51.0 Å². The molecule has 0 aromatic carbocycles. The fourth-order valence-electron chi connectivity index (χ4n) is 2.21. The molecule has 2 saturated heterocycles. The molecule has 2 fully saturated rings. The molecular formula is C14H26N2O6. The standard InChI is InChI=1S/2C7H13NO3/c2*9-7(10)5-8-6-3-1-2-4-11-6/h2*6,8H,1-5H2,(H,9,10). The highest BCUT2D eigenvalue weighted by atomic mass is 16.5. The molecule has 22 heavy (non-hydrogen) atoms. The molecular weight excluding hydrogens is 292 g/mol. The van der Waals surface area contributed by atoms with E-state index in [0.29, 0.717) is 0 Å². The maximum Gasteiger partial charge on any atom is 0.317 e. The molecule has 2 aliphatic heterocycles. The van der Waals surface area contributed by atoms with Gasteiger partial charge in [-0.3, -0.25) is 20.2 Å². The zero-order chi connectivity index (χ0) is 16.2.